The van der Waals surface area contributed by atoms with Crippen LogP contribution >= 0.6 is 0 Å². The summed E-state index contributed by atoms with van der Waals surface area (Å²) < 4.78 is 8.69. The number of carbonyl (C=O) groups excluding carboxylic acids is 1. The highest BCUT2D eigenvalue weighted by molar-refractivity contribution is 5.96. The van der Waals surface area contributed by atoms with Crippen molar-refractivity contribution >= 4 is 28.4 Å². The van der Waals surface area contributed by atoms with Crippen molar-refractivity contribution in [2.24, 2.45) is 0 Å². The number of pyridine rings is 1. The third kappa shape index (κ3) is 4.57. The molecule has 0 aliphatic carbocycles. The summed E-state index contributed by atoms with van der Waals surface area (Å²) in [6.07, 6.45) is 1.69. The van der Waals surface area contributed by atoms with Gasteiger partial charge in [-0.15, -0.1) is 10.2 Å². The number of aromatic nitrogens is 7. The first-order chi connectivity index (χ1) is 17.9. The quantitative estimate of drug-likeness (QED) is 0.335. The van der Waals surface area contributed by atoms with E-state index in [0.29, 0.717) is 28.9 Å². The first kappa shape index (κ1) is 23.9. The van der Waals surface area contributed by atoms with Gasteiger partial charge in [0.05, 0.1) is 36.5 Å². The van der Waals surface area contributed by atoms with Crippen LogP contribution in [0.15, 0.2) is 54.9 Å². The highest BCUT2D eigenvalue weighted by Gasteiger charge is 2.22. The number of imidazole rings is 1. The van der Waals surface area contributed by atoms with Crippen molar-refractivity contribution in [3.63, 3.8) is 0 Å². The van der Waals surface area contributed by atoms with Crippen LogP contribution in [0.3, 0.4) is 0 Å². The Kier molecular flexibility index (Phi) is 6.24. The minimum atomic E-state index is -0.365. The summed E-state index contributed by atoms with van der Waals surface area (Å²) >= 11 is 0. The van der Waals surface area contributed by atoms with Crippen LogP contribution in [-0.4, -0.2) is 66.8 Å². The molecular formula is C25H25N9O3. The van der Waals surface area contributed by atoms with Gasteiger partial charge in [0.2, 0.25) is 5.88 Å². The number of methoxy groups -OCH3 is 1. The minimum absolute atomic E-state index is 0.317. The second kappa shape index (κ2) is 9.66. The van der Waals surface area contributed by atoms with Crippen molar-refractivity contribution in [2.75, 3.05) is 26.6 Å². The fourth-order valence-electron chi connectivity index (χ4n) is 3.80. The van der Waals surface area contributed by atoms with Crippen LogP contribution in [0.5, 0.6) is 5.88 Å². The molecule has 0 unspecified atom stereocenters. The molecule has 0 aliphatic heterocycles. The molecule has 0 atom stereocenters. The van der Waals surface area contributed by atoms with Gasteiger partial charge in [0.25, 0.3) is 5.91 Å². The number of hydroxylamine groups is 2. The average molecular weight is 500 g/mol. The first-order valence-corrected chi connectivity index (χ1v) is 11.4. The van der Waals surface area contributed by atoms with Crippen LogP contribution in [0.2, 0.25) is 0 Å². The van der Waals surface area contributed by atoms with E-state index in [1.54, 1.807) is 29.2 Å². The Morgan fingerprint density at radius 1 is 1.03 bits per heavy atom. The van der Waals surface area contributed by atoms with Gasteiger partial charge in [-0.2, -0.15) is 5.10 Å². The molecule has 0 saturated heterocycles. The number of benzene rings is 1. The Balaban J connectivity index is 1.56. The van der Waals surface area contributed by atoms with E-state index in [0.717, 1.165) is 33.2 Å². The molecule has 37 heavy (non-hydrogen) atoms. The van der Waals surface area contributed by atoms with Crippen molar-refractivity contribution in [1.29, 1.82) is 0 Å². The van der Waals surface area contributed by atoms with Crippen molar-refractivity contribution in [1.82, 2.24) is 39.6 Å². The Hall–Kier alpha value is -4.84. The van der Waals surface area contributed by atoms with Gasteiger partial charge in [0, 0.05) is 24.5 Å². The van der Waals surface area contributed by atoms with Crippen LogP contribution in [0.1, 0.15) is 21.7 Å². The van der Waals surface area contributed by atoms with E-state index in [-0.39, 0.29) is 5.91 Å². The normalized spacial score (nSPS) is 11.1. The number of rotatable bonds is 7. The number of nitrogens with one attached hydrogen (secondary N) is 1. The summed E-state index contributed by atoms with van der Waals surface area (Å²) in [5.41, 5.74) is 4.33. The van der Waals surface area contributed by atoms with Gasteiger partial charge in [0.15, 0.2) is 11.6 Å². The van der Waals surface area contributed by atoms with Crippen molar-refractivity contribution < 1.29 is 14.4 Å². The SMILES string of the molecule is COc1cc(C)n(-c2nc(-n3cnc4cc(Nc5ccc(C)nn5)ccc43)ccc2C(=O)N(C)OC)n1. The second-order valence-corrected chi connectivity index (χ2v) is 8.27. The lowest BCUT2D eigenvalue weighted by atomic mass is 10.2. The lowest BCUT2D eigenvalue weighted by Crippen LogP contribution is -2.27. The van der Waals surface area contributed by atoms with Gasteiger partial charge in [-0.3, -0.25) is 14.2 Å². The van der Waals surface area contributed by atoms with Gasteiger partial charge in [-0.25, -0.2) is 19.7 Å². The van der Waals surface area contributed by atoms with Crippen LogP contribution in [0.25, 0.3) is 22.7 Å². The van der Waals surface area contributed by atoms with E-state index in [1.165, 1.54) is 21.3 Å². The highest BCUT2D eigenvalue weighted by atomic mass is 16.7. The van der Waals surface area contributed by atoms with Gasteiger partial charge in [0.1, 0.15) is 12.1 Å². The predicted molar refractivity (Wildman–Crippen MR) is 136 cm³/mol. The fourth-order valence-corrected chi connectivity index (χ4v) is 3.80. The molecule has 0 saturated carbocycles. The van der Waals surface area contributed by atoms with Crippen molar-refractivity contribution in [2.45, 2.75) is 13.8 Å². The zero-order valence-electron chi connectivity index (χ0n) is 21.0. The molecule has 4 heterocycles. The fraction of sp³-hybridized carbons (Fsp3) is 0.200. The standard InChI is InChI=1S/C25H25N9O3/c1-15-6-10-21(30-29-15)27-17-7-9-20-19(13-17)26-14-33(20)22-11-8-18(25(35)32(3)37-5)24(28-22)34-16(2)12-23(31-34)36-4/h6-14H,1-5H3,(H,27,30). The van der Waals surface area contributed by atoms with Gasteiger partial charge >= 0.3 is 0 Å². The molecule has 12 heteroatoms. The maximum absolute atomic E-state index is 13.0. The van der Waals surface area contributed by atoms with Crippen LogP contribution in [0.4, 0.5) is 11.5 Å². The first-order valence-electron chi connectivity index (χ1n) is 11.4. The number of fused-ring (bicyclic) bond motifs is 1. The zero-order valence-corrected chi connectivity index (χ0v) is 21.0. The summed E-state index contributed by atoms with van der Waals surface area (Å²) in [4.78, 5) is 27.5. The summed E-state index contributed by atoms with van der Waals surface area (Å²) in [6.45, 7) is 3.75. The number of ether oxygens (including phenoxy) is 1. The molecule has 1 amide bonds. The molecule has 12 nitrogen and oxygen atoms in total. The second-order valence-electron chi connectivity index (χ2n) is 8.27. The maximum atomic E-state index is 13.0. The summed E-state index contributed by atoms with van der Waals surface area (Å²) in [5.74, 6) is 1.59. The number of anilines is 2. The topological polar surface area (TPSA) is 125 Å². The van der Waals surface area contributed by atoms with Gasteiger partial charge < -0.3 is 10.1 Å². The van der Waals surface area contributed by atoms with Crippen molar-refractivity contribution in [3.05, 3.63) is 71.8 Å². The molecule has 1 N–H and O–H groups in total. The highest BCUT2D eigenvalue weighted by Crippen LogP contribution is 2.25. The van der Waals surface area contributed by atoms with E-state index in [2.05, 4.69) is 25.6 Å². The molecular weight excluding hydrogens is 474 g/mol. The lowest BCUT2D eigenvalue weighted by molar-refractivity contribution is -0.0757. The van der Waals surface area contributed by atoms with Crippen LogP contribution in [0, 0.1) is 13.8 Å². The Morgan fingerprint density at radius 2 is 1.86 bits per heavy atom. The smallest absolute Gasteiger partial charge is 0.280 e. The largest absolute Gasteiger partial charge is 0.480 e. The molecule has 5 rings (SSSR count). The Bertz CT molecular complexity index is 1590. The average Bonchev–Trinajstić information content (AvgIpc) is 3.51. The molecule has 0 aliphatic rings. The number of carbonyl (C=O) groups is 1. The van der Waals surface area contributed by atoms with Gasteiger partial charge in [-0.1, -0.05) is 0 Å². The molecule has 0 spiro atoms. The van der Waals surface area contributed by atoms with E-state index < -0.39 is 0 Å². The van der Waals surface area contributed by atoms with Gasteiger partial charge in [-0.05, 0) is 56.3 Å². The van der Waals surface area contributed by atoms with E-state index in [4.69, 9.17) is 14.6 Å². The third-order valence-corrected chi connectivity index (χ3v) is 5.79. The zero-order chi connectivity index (χ0) is 26.1. The third-order valence-electron chi connectivity index (χ3n) is 5.79. The number of nitrogens with zero attached hydrogens (tertiary/aromatic N) is 8. The number of hydrogen-bond acceptors (Lipinski definition) is 9. The Labute approximate surface area is 212 Å². The maximum Gasteiger partial charge on any atom is 0.280 e. The molecule has 5 aromatic rings. The summed E-state index contributed by atoms with van der Waals surface area (Å²) in [7, 11) is 4.49. The molecule has 0 bridgehead atoms. The van der Waals surface area contributed by atoms with E-state index in [1.807, 2.05) is 48.7 Å². The molecule has 0 radical (unpaired) electrons. The number of aryl methyl sites for hydroxylation is 2. The Morgan fingerprint density at radius 3 is 2.57 bits per heavy atom. The summed E-state index contributed by atoms with van der Waals surface area (Å²) in [6, 6.07) is 14.8. The summed E-state index contributed by atoms with van der Waals surface area (Å²) in [5, 5.41) is 17.0. The molecule has 0 fully saturated rings. The minimum Gasteiger partial charge on any atom is -0.480 e. The van der Waals surface area contributed by atoms with Crippen molar-refractivity contribution in [3.8, 4) is 17.5 Å². The lowest BCUT2D eigenvalue weighted by Gasteiger charge is -2.17. The number of amides is 1. The molecule has 188 valence electrons. The van der Waals surface area contributed by atoms with Crippen LogP contribution in [-0.2, 0) is 4.84 Å². The monoisotopic (exact) mass is 499 g/mol. The molecule has 1 aromatic carbocycles. The number of hydrogen-bond donors (Lipinski definition) is 1. The molecule has 4 aromatic heterocycles. The van der Waals surface area contributed by atoms with E-state index in [9.17, 15) is 4.79 Å². The van der Waals surface area contributed by atoms with E-state index >= 15 is 0 Å². The predicted octanol–water partition coefficient (Wildman–Crippen LogP) is 3.40. The van der Waals surface area contributed by atoms with Crippen LogP contribution < -0.4 is 10.1 Å².